The Morgan fingerprint density at radius 1 is 1.06 bits per heavy atom. The normalized spacial score (nSPS) is 17.8. The summed E-state index contributed by atoms with van der Waals surface area (Å²) in [5, 5.41) is 0. The van der Waals surface area contributed by atoms with Gasteiger partial charge in [0.05, 0.1) is 0 Å². The molecule has 0 fully saturated rings. The maximum atomic E-state index is 11.2. The second-order valence-corrected chi connectivity index (χ2v) is 4.73. The summed E-state index contributed by atoms with van der Waals surface area (Å²) >= 11 is 0. The van der Waals surface area contributed by atoms with Crippen LogP contribution in [0.3, 0.4) is 0 Å². The Hall–Kier alpha value is -0.790. The zero-order valence-corrected chi connectivity index (χ0v) is 10.6. The fourth-order valence-electron chi connectivity index (χ4n) is 2.23. The molecule has 1 aliphatic rings. The minimum Gasteiger partial charge on any atom is -0.452 e. The van der Waals surface area contributed by atoms with Crippen LogP contribution in [-0.4, -0.2) is 11.6 Å². The Labute approximate surface area is 99.1 Å². The lowest BCUT2D eigenvalue weighted by Gasteiger charge is -2.26. The van der Waals surface area contributed by atoms with Crippen LogP contribution in [0.25, 0.3) is 0 Å². The summed E-state index contributed by atoms with van der Waals surface area (Å²) in [6.07, 6.45) is 12.7. The number of carbonyl (C=O) groups excluding carboxylic acids is 1. The quantitative estimate of drug-likeness (QED) is 0.460. The third kappa shape index (κ3) is 3.99. The van der Waals surface area contributed by atoms with Crippen LogP contribution in [0.15, 0.2) is 12.2 Å². The third-order valence-corrected chi connectivity index (χ3v) is 3.23. The van der Waals surface area contributed by atoms with Crippen molar-refractivity contribution in [2.24, 2.45) is 0 Å². The monoisotopic (exact) mass is 224 g/mol. The molecule has 0 saturated carbocycles. The molecule has 1 heterocycles. The topological polar surface area (TPSA) is 26.3 Å². The molecule has 2 nitrogen and oxygen atoms in total. The van der Waals surface area contributed by atoms with Crippen molar-refractivity contribution in [1.29, 1.82) is 0 Å². The summed E-state index contributed by atoms with van der Waals surface area (Å²) in [5.41, 5.74) is -0.262. The predicted molar refractivity (Wildman–Crippen MR) is 66.2 cm³/mol. The molecule has 1 rings (SSSR count). The zero-order chi connectivity index (χ0) is 11.9. The number of ether oxygens (including phenoxy) is 1. The van der Waals surface area contributed by atoms with E-state index < -0.39 is 0 Å². The van der Waals surface area contributed by atoms with Gasteiger partial charge in [-0.1, -0.05) is 39.5 Å². The first kappa shape index (κ1) is 13.3. The van der Waals surface area contributed by atoms with E-state index in [-0.39, 0.29) is 11.6 Å². The molecule has 0 N–H and O–H groups in total. The van der Waals surface area contributed by atoms with Gasteiger partial charge in [0.25, 0.3) is 0 Å². The van der Waals surface area contributed by atoms with Crippen LogP contribution in [0, 0.1) is 0 Å². The average Bonchev–Trinajstić information content (AvgIpc) is 2.62. The highest BCUT2D eigenvalue weighted by molar-refractivity contribution is 5.85. The Morgan fingerprint density at radius 3 is 2.00 bits per heavy atom. The molecule has 0 radical (unpaired) electrons. The summed E-state index contributed by atoms with van der Waals surface area (Å²) in [6.45, 7) is 4.39. The van der Waals surface area contributed by atoms with Crippen molar-refractivity contribution in [3.8, 4) is 0 Å². The molecule has 0 amide bonds. The standard InChI is InChI=1S/C14H24O2/c1-3-5-7-10-14(11-8-6-4-2)12-9-13(15)16-14/h9,12H,3-8,10-11H2,1-2H3. The molecule has 0 aliphatic carbocycles. The first-order valence-corrected chi connectivity index (χ1v) is 6.64. The van der Waals surface area contributed by atoms with E-state index in [1.807, 2.05) is 6.08 Å². The minimum absolute atomic E-state index is 0.159. The van der Waals surface area contributed by atoms with E-state index in [9.17, 15) is 4.79 Å². The van der Waals surface area contributed by atoms with Crippen molar-refractivity contribution in [3.63, 3.8) is 0 Å². The van der Waals surface area contributed by atoms with E-state index in [0.29, 0.717) is 0 Å². The second kappa shape index (κ2) is 6.72. The van der Waals surface area contributed by atoms with Gasteiger partial charge >= 0.3 is 5.97 Å². The number of unbranched alkanes of at least 4 members (excludes halogenated alkanes) is 4. The smallest absolute Gasteiger partial charge is 0.331 e. The van der Waals surface area contributed by atoms with Gasteiger partial charge in [-0.3, -0.25) is 0 Å². The van der Waals surface area contributed by atoms with Gasteiger partial charge in [0.1, 0.15) is 5.60 Å². The Bertz CT molecular complexity index is 233. The van der Waals surface area contributed by atoms with Crippen molar-refractivity contribution >= 4 is 5.97 Å². The maximum Gasteiger partial charge on any atom is 0.331 e. The lowest BCUT2D eigenvalue weighted by molar-refractivity contribution is -0.146. The highest BCUT2D eigenvalue weighted by Crippen LogP contribution is 2.31. The van der Waals surface area contributed by atoms with Crippen molar-refractivity contribution in [1.82, 2.24) is 0 Å². The Kier molecular flexibility index (Phi) is 5.58. The molecule has 1 aliphatic heterocycles. The van der Waals surface area contributed by atoms with E-state index in [2.05, 4.69) is 13.8 Å². The minimum atomic E-state index is -0.262. The molecular formula is C14H24O2. The number of esters is 1. The molecule has 0 aromatic heterocycles. The third-order valence-electron chi connectivity index (χ3n) is 3.23. The van der Waals surface area contributed by atoms with Gasteiger partial charge in [-0.05, 0) is 31.8 Å². The molecular weight excluding hydrogens is 200 g/mol. The molecule has 0 spiro atoms. The van der Waals surface area contributed by atoms with Crippen LogP contribution < -0.4 is 0 Å². The van der Waals surface area contributed by atoms with E-state index >= 15 is 0 Å². The summed E-state index contributed by atoms with van der Waals surface area (Å²) < 4.78 is 5.49. The van der Waals surface area contributed by atoms with Gasteiger partial charge < -0.3 is 4.74 Å². The lowest BCUT2D eigenvalue weighted by atomic mass is 9.90. The summed E-state index contributed by atoms with van der Waals surface area (Å²) in [4.78, 5) is 11.2. The van der Waals surface area contributed by atoms with Crippen LogP contribution in [0.2, 0.25) is 0 Å². The van der Waals surface area contributed by atoms with Crippen molar-refractivity contribution < 1.29 is 9.53 Å². The Morgan fingerprint density at radius 2 is 1.62 bits per heavy atom. The summed E-state index contributed by atoms with van der Waals surface area (Å²) in [6, 6.07) is 0. The number of cyclic esters (lactones) is 1. The number of hydrogen-bond donors (Lipinski definition) is 0. The fraction of sp³-hybridized carbons (Fsp3) is 0.786. The molecule has 92 valence electrons. The van der Waals surface area contributed by atoms with Crippen LogP contribution in [0.4, 0.5) is 0 Å². The number of rotatable bonds is 8. The average molecular weight is 224 g/mol. The SMILES string of the molecule is CCCCCC1(CCCCC)C=CC(=O)O1. The largest absolute Gasteiger partial charge is 0.452 e. The summed E-state index contributed by atoms with van der Waals surface area (Å²) in [7, 11) is 0. The van der Waals surface area contributed by atoms with Gasteiger partial charge in [0.2, 0.25) is 0 Å². The van der Waals surface area contributed by atoms with E-state index in [0.717, 1.165) is 25.7 Å². The van der Waals surface area contributed by atoms with Gasteiger partial charge in [0, 0.05) is 6.08 Å². The van der Waals surface area contributed by atoms with Gasteiger partial charge in [0.15, 0.2) is 0 Å². The maximum absolute atomic E-state index is 11.2. The van der Waals surface area contributed by atoms with Gasteiger partial charge in [-0.25, -0.2) is 4.79 Å². The van der Waals surface area contributed by atoms with E-state index in [4.69, 9.17) is 4.74 Å². The lowest BCUT2D eigenvalue weighted by Crippen LogP contribution is -2.28. The van der Waals surface area contributed by atoms with Crippen LogP contribution >= 0.6 is 0 Å². The molecule has 0 aromatic rings. The van der Waals surface area contributed by atoms with E-state index in [1.54, 1.807) is 6.08 Å². The Balaban J connectivity index is 2.42. The zero-order valence-electron chi connectivity index (χ0n) is 10.6. The predicted octanol–water partition coefficient (Wildman–Crippen LogP) is 4.00. The fourth-order valence-corrected chi connectivity index (χ4v) is 2.23. The number of carbonyl (C=O) groups is 1. The van der Waals surface area contributed by atoms with Crippen LogP contribution in [0.1, 0.15) is 65.2 Å². The molecule has 0 unspecified atom stereocenters. The molecule has 0 bridgehead atoms. The van der Waals surface area contributed by atoms with Gasteiger partial charge in [-0.2, -0.15) is 0 Å². The molecule has 0 aromatic carbocycles. The summed E-state index contributed by atoms with van der Waals surface area (Å²) in [5.74, 6) is -0.159. The first-order valence-electron chi connectivity index (χ1n) is 6.64. The van der Waals surface area contributed by atoms with E-state index in [1.165, 1.54) is 25.7 Å². The molecule has 0 saturated heterocycles. The molecule has 16 heavy (non-hydrogen) atoms. The van der Waals surface area contributed by atoms with Crippen molar-refractivity contribution in [2.45, 2.75) is 70.8 Å². The number of hydrogen-bond acceptors (Lipinski definition) is 2. The molecule has 0 atom stereocenters. The first-order chi connectivity index (χ1) is 7.72. The molecule has 2 heteroatoms. The van der Waals surface area contributed by atoms with Gasteiger partial charge in [-0.15, -0.1) is 0 Å². The van der Waals surface area contributed by atoms with Crippen molar-refractivity contribution in [2.75, 3.05) is 0 Å². The van der Waals surface area contributed by atoms with Crippen LogP contribution in [0.5, 0.6) is 0 Å². The van der Waals surface area contributed by atoms with Crippen molar-refractivity contribution in [3.05, 3.63) is 12.2 Å². The highest BCUT2D eigenvalue weighted by Gasteiger charge is 2.34. The second-order valence-electron chi connectivity index (χ2n) is 4.73. The highest BCUT2D eigenvalue weighted by atomic mass is 16.6. The van der Waals surface area contributed by atoms with Crippen LogP contribution in [-0.2, 0) is 9.53 Å².